The van der Waals surface area contributed by atoms with Crippen LogP contribution in [0.2, 0.25) is 0 Å². The van der Waals surface area contributed by atoms with E-state index in [1.807, 2.05) is 42.5 Å². The summed E-state index contributed by atoms with van der Waals surface area (Å²) in [5, 5.41) is 2.80. The number of hydrogen-bond acceptors (Lipinski definition) is 3. The number of carbonyl (C=O) groups is 1. The number of likely N-dealkylation sites (N-methyl/N-ethyl adjacent to an activating group) is 1. The van der Waals surface area contributed by atoms with Gasteiger partial charge in [0.25, 0.3) is 0 Å². The molecule has 3 aromatic rings. The summed E-state index contributed by atoms with van der Waals surface area (Å²) in [7, 11) is 1.63. The summed E-state index contributed by atoms with van der Waals surface area (Å²) in [6, 6.07) is 18.4. The molecule has 0 saturated carbocycles. The average molecular weight is 454 g/mol. The van der Waals surface area contributed by atoms with Crippen molar-refractivity contribution in [2.75, 3.05) is 13.6 Å². The van der Waals surface area contributed by atoms with Crippen LogP contribution in [0.25, 0.3) is 0 Å². The zero-order valence-corrected chi connectivity index (χ0v) is 18.3. The van der Waals surface area contributed by atoms with Crippen LogP contribution in [0.4, 0.5) is 13.2 Å². The van der Waals surface area contributed by atoms with Gasteiger partial charge in [-0.25, -0.2) is 0 Å². The van der Waals surface area contributed by atoms with Gasteiger partial charge in [-0.2, -0.15) is 13.2 Å². The van der Waals surface area contributed by atoms with Crippen LogP contribution >= 0.6 is 0 Å². The number of carbonyl (C=O) groups excluding carboxylic acids is 1. The van der Waals surface area contributed by atoms with Crippen molar-refractivity contribution in [1.29, 1.82) is 0 Å². The molecule has 2 atom stereocenters. The Kier molecular flexibility index (Phi) is 6.79. The lowest BCUT2D eigenvalue weighted by Gasteiger charge is -2.41. The van der Waals surface area contributed by atoms with Crippen molar-refractivity contribution >= 4 is 5.91 Å². The van der Waals surface area contributed by atoms with Crippen LogP contribution in [0.3, 0.4) is 0 Å². The van der Waals surface area contributed by atoms with Gasteiger partial charge in [-0.15, -0.1) is 0 Å². The fraction of sp³-hybridized carbons (Fsp3) is 0.308. The lowest BCUT2D eigenvalue weighted by Crippen LogP contribution is -2.45. The van der Waals surface area contributed by atoms with E-state index in [1.165, 1.54) is 12.1 Å². The fourth-order valence-electron chi connectivity index (χ4n) is 4.59. The molecule has 1 aromatic heterocycles. The Morgan fingerprint density at radius 1 is 1.09 bits per heavy atom. The highest BCUT2D eigenvalue weighted by molar-refractivity contribution is 5.83. The third kappa shape index (κ3) is 5.09. The first kappa shape index (κ1) is 23.0. The van der Waals surface area contributed by atoms with E-state index in [0.29, 0.717) is 19.4 Å². The molecule has 2 heterocycles. The van der Waals surface area contributed by atoms with E-state index in [-0.39, 0.29) is 11.9 Å². The molecule has 0 saturated heterocycles. The maximum Gasteiger partial charge on any atom is 0.416 e. The molecular formula is C26H26F3N3O. The lowest BCUT2D eigenvalue weighted by molar-refractivity contribution is -0.137. The molecule has 0 spiro atoms. The van der Waals surface area contributed by atoms with Crippen molar-refractivity contribution in [2.45, 2.75) is 37.5 Å². The second-order valence-corrected chi connectivity index (χ2v) is 8.20. The van der Waals surface area contributed by atoms with Crippen LogP contribution < -0.4 is 5.32 Å². The number of pyridine rings is 1. The number of rotatable bonds is 6. The number of aromatic nitrogens is 1. The van der Waals surface area contributed by atoms with E-state index in [9.17, 15) is 18.0 Å². The maximum atomic E-state index is 13.0. The lowest BCUT2D eigenvalue weighted by atomic mass is 9.89. The van der Waals surface area contributed by atoms with Gasteiger partial charge in [0.2, 0.25) is 5.91 Å². The van der Waals surface area contributed by atoms with Crippen molar-refractivity contribution in [1.82, 2.24) is 15.2 Å². The molecule has 4 nitrogen and oxygen atoms in total. The molecule has 2 unspecified atom stereocenters. The zero-order chi connectivity index (χ0) is 23.4. The predicted octanol–water partition coefficient (Wildman–Crippen LogP) is 5.12. The van der Waals surface area contributed by atoms with Crippen LogP contribution in [0.15, 0.2) is 72.9 Å². The number of aryl methyl sites for hydroxylation is 1. The monoisotopic (exact) mass is 453 g/mol. The molecule has 7 heteroatoms. The first-order valence-electron chi connectivity index (χ1n) is 11.0. The van der Waals surface area contributed by atoms with E-state index in [4.69, 9.17) is 0 Å². The molecule has 4 rings (SSSR count). The van der Waals surface area contributed by atoms with Crippen molar-refractivity contribution < 1.29 is 18.0 Å². The van der Waals surface area contributed by atoms with E-state index < -0.39 is 17.8 Å². The third-order valence-corrected chi connectivity index (χ3v) is 6.22. The number of halogens is 3. The van der Waals surface area contributed by atoms with Crippen molar-refractivity contribution in [3.8, 4) is 0 Å². The van der Waals surface area contributed by atoms with E-state index >= 15 is 0 Å². The van der Waals surface area contributed by atoms with Crippen LogP contribution in [0.1, 0.15) is 46.5 Å². The molecule has 1 aliphatic rings. The van der Waals surface area contributed by atoms with Crippen molar-refractivity contribution in [3.63, 3.8) is 0 Å². The van der Waals surface area contributed by atoms with Gasteiger partial charge >= 0.3 is 6.18 Å². The van der Waals surface area contributed by atoms with Gasteiger partial charge in [0, 0.05) is 37.9 Å². The first-order valence-corrected chi connectivity index (χ1v) is 11.0. The van der Waals surface area contributed by atoms with Crippen LogP contribution in [-0.4, -0.2) is 29.4 Å². The van der Waals surface area contributed by atoms with Gasteiger partial charge < -0.3 is 5.32 Å². The van der Waals surface area contributed by atoms with Gasteiger partial charge in [0.1, 0.15) is 6.04 Å². The first-order chi connectivity index (χ1) is 15.9. The summed E-state index contributed by atoms with van der Waals surface area (Å²) >= 11 is 0. The quantitative estimate of drug-likeness (QED) is 0.564. The number of nitrogens with one attached hydrogen (secondary N) is 1. The van der Waals surface area contributed by atoms with E-state index in [1.54, 1.807) is 13.2 Å². The minimum Gasteiger partial charge on any atom is -0.358 e. The molecule has 0 fully saturated rings. The molecule has 172 valence electrons. The fourth-order valence-corrected chi connectivity index (χ4v) is 4.59. The summed E-state index contributed by atoms with van der Waals surface area (Å²) < 4.78 is 38.8. The SMILES string of the molecule is CNC(=O)C(c1ccccc1)N1CCc2ncccc2C1CCc1ccc(C(F)(F)F)cc1. The molecule has 1 N–H and O–H groups in total. The van der Waals surface area contributed by atoms with Gasteiger partial charge in [-0.1, -0.05) is 48.5 Å². The summed E-state index contributed by atoms with van der Waals surface area (Å²) in [6.45, 7) is 0.661. The average Bonchev–Trinajstić information content (AvgIpc) is 2.83. The second-order valence-electron chi connectivity index (χ2n) is 8.20. The molecule has 0 radical (unpaired) electrons. The van der Waals surface area contributed by atoms with E-state index in [0.717, 1.165) is 40.9 Å². The third-order valence-electron chi connectivity index (χ3n) is 6.22. The highest BCUT2D eigenvalue weighted by atomic mass is 19.4. The van der Waals surface area contributed by atoms with Crippen molar-refractivity contribution in [2.24, 2.45) is 0 Å². The Bertz CT molecular complexity index is 1080. The summed E-state index contributed by atoms with van der Waals surface area (Å²) in [5.74, 6) is -0.0897. The summed E-state index contributed by atoms with van der Waals surface area (Å²) in [5.41, 5.74) is 3.16. The topological polar surface area (TPSA) is 45.2 Å². The van der Waals surface area contributed by atoms with Crippen LogP contribution in [0.5, 0.6) is 0 Å². The van der Waals surface area contributed by atoms with Gasteiger partial charge in [-0.3, -0.25) is 14.7 Å². The number of hydrogen-bond donors (Lipinski definition) is 1. The standard InChI is InChI=1S/C26H26F3N3O/c1-30-25(33)24(19-6-3-2-4-7-19)32-17-15-22-21(8-5-16-31-22)23(32)14-11-18-9-12-20(13-10-18)26(27,28)29/h2-10,12-13,16,23-24H,11,14-15,17H2,1H3,(H,30,33). The predicted molar refractivity (Wildman–Crippen MR) is 120 cm³/mol. The molecular weight excluding hydrogens is 427 g/mol. The number of alkyl halides is 3. The Labute approximate surface area is 191 Å². The number of fused-ring (bicyclic) bond motifs is 1. The Hall–Kier alpha value is -3.19. The minimum absolute atomic E-state index is 0.0897. The van der Waals surface area contributed by atoms with Gasteiger partial charge in [0.15, 0.2) is 0 Å². The smallest absolute Gasteiger partial charge is 0.358 e. The molecule has 0 aliphatic carbocycles. The number of nitrogens with zero attached hydrogens (tertiary/aromatic N) is 2. The largest absolute Gasteiger partial charge is 0.416 e. The molecule has 0 bridgehead atoms. The Morgan fingerprint density at radius 3 is 2.48 bits per heavy atom. The van der Waals surface area contributed by atoms with Crippen LogP contribution in [0, 0.1) is 0 Å². The normalized spacial score (nSPS) is 17.3. The molecule has 1 aliphatic heterocycles. The molecule has 2 aromatic carbocycles. The minimum atomic E-state index is -4.35. The van der Waals surface area contributed by atoms with E-state index in [2.05, 4.69) is 15.2 Å². The molecule has 1 amide bonds. The summed E-state index contributed by atoms with van der Waals surface area (Å²) in [4.78, 5) is 19.7. The summed E-state index contributed by atoms with van der Waals surface area (Å²) in [6.07, 6.45) is -0.602. The van der Waals surface area contributed by atoms with Gasteiger partial charge in [0.05, 0.1) is 5.56 Å². The van der Waals surface area contributed by atoms with Crippen LogP contribution in [-0.2, 0) is 23.8 Å². The second kappa shape index (κ2) is 9.75. The number of amides is 1. The Morgan fingerprint density at radius 2 is 1.82 bits per heavy atom. The highest BCUT2D eigenvalue weighted by Crippen LogP contribution is 2.38. The zero-order valence-electron chi connectivity index (χ0n) is 18.3. The van der Waals surface area contributed by atoms with Crippen molar-refractivity contribution in [3.05, 3.63) is 101 Å². The maximum absolute atomic E-state index is 13.0. The Balaban J connectivity index is 1.64. The van der Waals surface area contributed by atoms with Gasteiger partial charge in [-0.05, 0) is 47.7 Å². The highest BCUT2D eigenvalue weighted by Gasteiger charge is 2.36. The number of benzene rings is 2. The molecule has 33 heavy (non-hydrogen) atoms.